The van der Waals surface area contributed by atoms with E-state index in [9.17, 15) is 18.0 Å². The van der Waals surface area contributed by atoms with Crippen molar-refractivity contribution >= 4 is 46.8 Å². The number of aromatic nitrogens is 2. The summed E-state index contributed by atoms with van der Waals surface area (Å²) in [5, 5.41) is 8.24. The van der Waals surface area contributed by atoms with Gasteiger partial charge in [-0.25, -0.2) is 14.6 Å². The minimum Gasteiger partial charge on any atom is -0.489 e. The normalized spacial score (nSPS) is 10.8. The van der Waals surface area contributed by atoms with Crippen molar-refractivity contribution in [3.8, 4) is 5.75 Å². The van der Waals surface area contributed by atoms with Gasteiger partial charge in [-0.05, 0) is 18.6 Å². The van der Waals surface area contributed by atoms with E-state index in [1.807, 2.05) is 6.92 Å². The van der Waals surface area contributed by atoms with E-state index in [0.29, 0.717) is 33.9 Å². The molecule has 0 aliphatic heterocycles. The molecule has 0 atom stereocenters. The van der Waals surface area contributed by atoms with Gasteiger partial charge in [0.05, 0.1) is 16.6 Å². The lowest BCUT2D eigenvalue weighted by Crippen LogP contribution is -2.37. The van der Waals surface area contributed by atoms with E-state index in [-0.39, 0.29) is 12.6 Å². The molecule has 2 aromatic rings. The summed E-state index contributed by atoms with van der Waals surface area (Å²) in [4.78, 5) is 26.8. The van der Waals surface area contributed by atoms with Gasteiger partial charge in [-0.2, -0.15) is 13.2 Å². The van der Waals surface area contributed by atoms with Gasteiger partial charge in [0, 0.05) is 24.0 Å². The number of carboxylic acids is 1. The molecule has 0 aliphatic rings. The molecule has 7 nitrogen and oxygen atoms in total. The van der Waals surface area contributed by atoms with E-state index < -0.39 is 12.1 Å². The minimum atomic E-state index is -5.08. The Morgan fingerprint density at radius 3 is 2.20 bits per heavy atom. The van der Waals surface area contributed by atoms with Crippen LogP contribution < -0.4 is 4.74 Å². The van der Waals surface area contributed by atoms with Crippen molar-refractivity contribution in [2.24, 2.45) is 0 Å². The largest absolute Gasteiger partial charge is 0.490 e. The topological polar surface area (TPSA) is 84.7 Å². The fourth-order valence-electron chi connectivity index (χ4n) is 2.03. The van der Waals surface area contributed by atoms with Crippen molar-refractivity contribution in [1.82, 2.24) is 14.5 Å². The molecular weight excluding hydrogens is 474 g/mol. The van der Waals surface area contributed by atoms with Gasteiger partial charge in [0.15, 0.2) is 5.75 Å². The molecular formula is C17H17Cl3F3N3O4. The molecule has 1 aromatic heterocycles. The maximum absolute atomic E-state index is 12.3. The lowest BCUT2D eigenvalue weighted by atomic mass is 10.3. The molecule has 2 rings (SSSR count). The first-order chi connectivity index (χ1) is 14.0. The zero-order valence-electron chi connectivity index (χ0n) is 15.5. The second-order valence-electron chi connectivity index (χ2n) is 5.59. The first-order valence-electron chi connectivity index (χ1n) is 8.32. The van der Waals surface area contributed by atoms with E-state index in [1.165, 1.54) is 10.9 Å². The zero-order chi connectivity index (χ0) is 22.9. The van der Waals surface area contributed by atoms with Crippen LogP contribution in [0.3, 0.4) is 0 Å². The molecule has 1 amide bonds. The molecule has 13 heteroatoms. The molecule has 0 fully saturated rings. The highest BCUT2D eigenvalue weighted by Gasteiger charge is 2.38. The number of nitrogens with zero attached hydrogens (tertiary/aromatic N) is 3. The van der Waals surface area contributed by atoms with Crippen LogP contribution in [0.2, 0.25) is 15.1 Å². The summed E-state index contributed by atoms with van der Waals surface area (Å²) < 4.78 is 38.8. The zero-order valence-corrected chi connectivity index (χ0v) is 17.8. The number of alkyl halides is 3. The van der Waals surface area contributed by atoms with Gasteiger partial charge in [-0.15, -0.1) is 0 Å². The van der Waals surface area contributed by atoms with E-state index in [2.05, 4.69) is 4.98 Å². The van der Waals surface area contributed by atoms with Crippen LogP contribution in [-0.2, 0) is 4.79 Å². The molecule has 0 saturated carbocycles. The van der Waals surface area contributed by atoms with Crippen LogP contribution in [0.25, 0.3) is 0 Å². The Balaban J connectivity index is 0.000000553. The fourth-order valence-corrected chi connectivity index (χ4v) is 2.96. The van der Waals surface area contributed by atoms with Gasteiger partial charge in [0.1, 0.15) is 12.9 Å². The van der Waals surface area contributed by atoms with Gasteiger partial charge in [0.2, 0.25) is 0 Å². The van der Waals surface area contributed by atoms with Crippen LogP contribution in [0.5, 0.6) is 5.75 Å². The summed E-state index contributed by atoms with van der Waals surface area (Å²) >= 11 is 18.0. The average Bonchev–Trinajstić information content (AvgIpc) is 3.16. The molecule has 166 valence electrons. The second-order valence-corrected chi connectivity index (χ2v) is 6.84. The second kappa shape index (κ2) is 11.9. The summed E-state index contributed by atoms with van der Waals surface area (Å²) in [6.45, 7) is 3.28. The number of hydrogen-bond acceptors (Lipinski definition) is 4. The van der Waals surface area contributed by atoms with Crippen molar-refractivity contribution in [2.45, 2.75) is 19.5 Å². The SMILES string of the molecule is CCCN(CCOc1c(Cl)cc(Cl)cc1Cl)C(=O)n1ccnc1.O=C(O)C(F)(F)F. The number of carbonyl (C=O) groups is 2. The molecule has 1 aromatic carbocycles. The number of ether oxygens (including phenoxy) is 1. The van der Waals surface area contributed by atoms with Crippen molar-refractivity contribution in [3.05, 3.63) is 45.9 Å². The Labute approximate surface area is 184 Å². The predicted octanol–water partition coefficient (Wildman–Crippen LogP) is 5.24. The van der Waals surface area contributed by atoms with E-state index >= 15 is 0 Å². The Hall–Kier alpha value is -2.17. The van der Waals surface area contributed by atoms with E-state index in [1.54, 1.807) is 29.4 Å². The first kappa shape index (κ1) is 25.9. The van der Waals surface area contributed by atoms with Crippen molar-refractivity contribution in [2.75, 3.05) is 19.7 Å². The van der Waals surface area contributed by atoms with Gasteiger partial charge in [0.25, 0.3) is 0 Å². The molecule has 0 aliphatic carbocycles. The van der Waals surface area contributed by atoms with Gasteiger partial charge < -0.3 is 14.7 Å². The maximum Gasteiger partial charge on any atom is 0.490 e. The maximum atomic E-state index is 12.3. The number of benzene rings is 1. The molecule has 0 bridgehead atoms. The monoisotopic (exact) mass is 489 g/mol. The Morgan fingerprint density at radius 1 is 1.20 bits per heavy atom. The number of aliphatic carboxylic acids is 1. The number of hydrogen-bond donors (Lipinski definition) is 1. The van der Waals surface area contributed by atoms with Crippen molar-refractivity contribution in [1.29, 1.82) is 0 Å². The Kier molecular flexibility index (Phi) is 10.2. The molecule has 1 N–H and O–H groups in total. The van der Waals surface area contributed by atoms with Crippen LogP contribution >= 0.6 is 34.8 Å². The standard InChI is InChI=1S/C15H16Cl3N3O2.C2HF3O2/c1-2-4-20(15(22)21-5-3-19-10-21)6-7-23-14-12(17)8-11(16)9-13(14)18;3-2(4,5)1(6)7/h3,5,8-10H,2,4,6-7H2,1H3;(H,6,7). The van der Waals surface area contributed by atoms with E-state index in [0.717, 1.165) is 6.42 Å². The number of carbonyl (C=O) groups excluding carboxylic acids is 1. The van der Waals surface area contributed by atoms with Crippen LogP contribution in [0.15, 0.2) is 30.9 Å². The van der Waals surface area contributed by atoms with Crippen molar-refractivity contribution < 1.29 is 32.6 Å². The highest BCUT2D eigenvalue weighted by Crippen LogP contribution is 2.35. The molecule has 0 unspecified atom stereocenters. The first-order valence-corrected chi connectivity index (χ1v) is 9.45. The van der Waals surface area contributed by atoms with E-state index in [4.69, 9.17) is 49.4 Å². The van der Waals surface area contributed by atoms with Crippen LogP contribution in [0.4, 0.5) is 18.0 Å². The fraction of sp³-hybridized carbons (Fsp3) is 0.353. The predicted molar refractivity (Wildman–Crippen MR) is 106 cm³/mol. The minimum absolute atomic E-state index is 0.152. The lowest BCUT2D eigenvalue weighted by Gasteiger charge is -2.22. The summed E-state index contributed by atoms with van der Waals surface area (Å²) in [6.07, 6.45) is 0.395. The van der Waals surface area contributed by atoms with Crippen molar-refractivity contribution in [3.63, 3.8) is 0 Å². The quantitative estimate of drug-likeness (QED) is 0.599. The third-order valence-electron chi connectivity index (χ3n) is 3.30. The average molecular weight is 491 g/mol. The van der Waals surface area contributed by atoms with Crippen LogP contribution in [0.1, 0.15) is 13.3 Å². The summed E-state index contributed by atoms with van der Waals surface area (Å²) in [5.74, 6) is -2.39. The highest BCUT2D eigenvalue weighted by atomic mass is 35.5. The third-order valence-corrected chi connectivity index (χ3v) is 4.08. The summed E-state index contributed by atoms with van der Waals surface area (Å²) in [7, 11) is 0. The Bertz CT molecular complexity index is 826. The highest BCUT2D eigenvalue weighted by molar-refractivity contribution is 6.40. The number of halogens is 6. The smallest absolute Gasteiger partial charge is 0.489 e. The number of amides is 1. The van der Waals surface area contributed by atoms with Crippen LogP contribution in [0, 0.1) is 0 Å². The van der Waals surface area contributed by atoms with Gasteiger partial charge in [-0.1, -0.05) is 41.7 Å². The molecule has 30 heavy (non-hydrogen) atoms. The summed E-state index contributed by atoms with van der Waals surface area (Å²) in [6, 6.07) is 2.97. The number of imidazole rings is 1. The van der Waals surface area contributed by atoms with Gasteiger partial charge >= 0.3 is 18.2 Å². The summed E-state index contributed by atoms with van der Waals surface area (Å²) in [5.41, 5.74) is 0. The molecule has 0 saturated heterocycles. The molecule has 0 radical (unpaired) electrons. The van der Waals surface area contributed by atoms with Crippen LogP contribution in [-0.4, -0.2) is 57.4 Å². The number of carboxylic acid groups (broad SMARTS) is 1. The Morgan fingerprint density at radius 2 is 1.77 bits per heavy atom. The molecule has 1 heterocycles. The molecule has 0 spiro atoms. The third kappa shape index (κ3) is 8.29. The lowest BCUT2D eigenvalue weighted by molar-refractivity contribution is -0.192. The number of rotatable bonds is 6. The van der Waals surface area contributed by atoms with Gasteiger partial charge in [-0.3, -0.25) is 4.57 Å².